The molecule has 0 bridgehead atoms. The quantitative estimate of drug-likeness (QED) is 0.781. The largest absolute Gasteiger partial charge is 0.477 e. The van der Waals surface area contributed by atoms with Gasteiger partial charge in [-0.1, -0.05) is 0 Å². The second kappa shape index (κ2) is 4.58. The van der Waals surface area contributed by atoms with Crippen LogP contribution in [0, 0.1) is 18.6 Å². The summed E-state index contributed by atoms with van der Waals surface area (Å²) < 4.78 is 28.1. The van der Waals surface area contributed by atoms with Crippen LogP contribution in [-0.2, 0) is 0 Å². The second-order valence-electron chi connectivity index (χ2n) is 4.33. The van der Waals surface area contributed by atoms with E-state index in [1.54, 1.807) is 6.92 Å². The summed E-state index contributed by atoms with van der Waals surface area (Å²) in [5.74, 6) is -2.30. The summed E-state index contributed by atoms with van der Waals surface area (Å²) in [4.78, 5) is 19.3. The van der Waals surface area contributed by atoms with E-state index in [1.165, 1.54) is 0 Å². The Kier molecular flexibility index (Phi) is 2.86. The molecule has 3 rings (SSSR count). The van der Waals surface area contributed by atoms with E-state index in [0.29, 0.717) is 5.82 Å². The monoisotopic (exact) mass is 290 g/mol. The number of aromatic carboxylic acids is 1. The first-order valence-electron chi connectivity index (χ1n) is 5.89. The summed E-state index contributed by atoms with van der Waals surface area (Å²) in [6.45, 7) is 1.57. The Morgan fingerprint density at radius 3 is 2.71 bits per heavy atom. The van der Waals surface area contributed by atoms with Gasteiger partial charge in [-0.05, 0) is 31.2 Å². The average Bonchev–Trinajstić information content (AvgIpc) is 2.80. The number of carbonyl (C=O) groups is 1. The highest BCUT2D eigenvalue weighted by Gasteiger charge is 2.17. The molecule has 0 atom stereocenters. The standard InChI is InChI=1S/C13H8F2N4O2/c1-6-16-13-17-10(5-11(12(20)21)19(13)18-6)8-4-7(14)2-3-9(8)15/h2-5H,1H3,(H,20,21). The number of aromatic nitrogens is 4. The van der Waals surface area contributed by atoms with E-state index in [0.717, 1.165) is 28.8 Å². The first kappa shape index (κ1) is 13.1. The minimum Gasteiger partial charge on any atom is -0.477 e. The summed E-state index contributed by atoms with van der Waals surface area (Å²) in [6, 6.07) is 3.99. The number of hydrogen-bond acceptors (Lipinski definition) is 4. The predicted molar refractivity (Wildman–Crippen MR) is 67.8 cm³/mol. The van der Waals surface area contributed by atoms with Crippen molar-refractivity contribution in [1.29, 1.82) is 0 Å². The Bertz CT molecular complexity index is 876. The molecule has 0 fully saturated rings. The predicted octanol–water partition coefficient (Wildman–Crippen LogP) is 2.08. The molecule has 2 heterocycles. The van der Waals surface area contributed by atoms with Crippen molar-refractivity contribution >= 4 is 11.7 Å². The number of aryl methyl sites for hydroxylation is 1. The van der Waals surface area contributed by atoms with Crippen LogP contribution in [0.25, 0.3) is 17.0 Å². The number of fused-ring (bicyclic) bond motifs is 1. The molecule has 0 amide bonds. The molecule has 0 aliphatic heterocycles. The van der Waals surface area contributed by atoms with Crippen LogP contribution in [-0.4, -0.2) is 30.7 Å². The van der Waals surface area contributed by atoms with Crippen LogP contribution >= 0.6 is 0 Å². The summed E-state index contributed by atoms with van der Waals surface area (Å²) in [7, 11) is 0. The van der Waals surface area contributed by atoms with E-state index in [4.69, 9.17) is 0 Å². The molecule has 0 unspecified atom stereocenters. The Morgan fingerprint density at radius 1 is 1.24 bits per heavy atom. The lowest BCUT2D eigenvalue weighted by Crippen LogP contribution is -2.08. The van der Waals surface area contributed by atoms with Gasteiger partial charge in [0.25, 0.3) is 5.78 Å². The number of hydrogen-bond donors (Lipinski definition) is 1. The van der Waals surface area contributed by atoms with Crippen molar-refractivity contribution in [3.63, 3.8) is 0 Å². The molecule has 1 N–H and O–H groups in total. The van der Waals surface area contributed by atoms with E-state index in [-0.39, 0.29) is 22.7 Å². The fraction of sp³-hybridized carbons (Fsp3) is 0.0769. The maximum absolute atomic E-state index is 13.8. The van der Waals surface area contributed by atoms with Crippen LogP contribution in [0.1, 0.15) is 16.3 Å². The van der Waals surface area contributed by atoms with Crippen molar-refractivity contribution in [3.8, 4) is 11.3 Å². The highest BCUT2D eigenvalue weighted by molar-refractivity contribution is 5.87. The van der Waals surface area contributed by atoms with Gasteiger partial charge in [0.2, 0.25) is 0 Å². The topological polar surface area (TPSA) is 80.4 Å². The molecule has 2 aromatic heterocycles. The molecule has 6 nitrogen and oxygen atoms in total. The minimum atomic E-state index is -1.27. The Labute approximate surface area is 116 Å². The molecule has 0 saturated heterocycles. The van der Waals surface area contributed by atoms with E-state index in [1.807, 2.05) is 0 Å². The highest BCUT2D eigenvalue weighted by Crippen LogP contribution is 2.23. The molecule has 3 aromatic rings. The molecule has 0 aliphatic rings. The zero-order valence-corrected chi connectivity index (χ0v) is 10.7. The van der Waals surface area contributed by atoms with Crippen molar-refractivity contribution in [2.24, 2.45) is 0 Å². The Hall–Kier alpha value is -2.90. The van der Waals surface area contributed by atoms with Crippen molar-refractivity contribution in [3.05, 3.63) is 47.4 Å². The van der Waals surface area contributed by atoms with E-state index in [9.17, 15) is 18.7 Å². The van der Waals surface area contributed by atoms with Gasteiger partial charge in [0.15, 0.2) is 5.69 Å². The molecule has 8 heteroatoms. The van der Waals surface area contributed by atoms with Crippen LogP contribution in [0.4, 0.5) is 8.78 Å². The van der Waals surface area contributed by atoms with Gasteiger partial charge in [-0.3, -0.25) is 0 Å². The molecule has 0 spiro atoms. The van der Waals surface area contributed by atoms with E-state index in [2.05, 4.69) is 15.1 Å². The van der Waals surface area contributed by atoms with Gasteiger partial charge in [-0.2, -0.15) is 9.50 Å². The fourth-order valence-corrected chi connectivity index (χ4v) is 1.95. The van der Waals surface area contributed by atoms with Gasteiger partial charge in [-0.15, -0.1) is 5.10 Å². The lowest BCUT2D eigenvalue weighted by molar-refractivity contribution is 0.0687. The number of rotatable bonds is 2. The molecule has 1 aromatic carbocycles. The van der Waals surface area contributed by atoms with E-state index < -0.39 is 17.6 Å². The maximum atomic E-state index is 13.8. The van der Waals surface area contributed by atoms with Crippen LogP contribution in [0.2, 0.25) is 0 Å². The highest BCUT2D eigenvalue weighted by atomic mass is 19.1. The van der Waals surface area contributed by atoms with Crippen molar-refractivity contribution in [2.45, 2.75) is 6.92 Å². The van der Waals surface area contributed by atoms with Crippen molar-refractivity contribution in [1.82, 2.24) is 19.6 Å². The summed E-state index contributed by atoms with van der Waals surface area (Å²) in [6.07, 6.45) is 0. The molecule has 0 saturated carbocycles. The molecule has 0 radical (unpaired) electrons. The molecular formula is C13H8F2N4O2. The maximum Gasteiger partial charge on any atom is 0.354 e. The van der Waals surface area contributed by atoms with Crippen LogP contribution in [0.15, 0.2) is 24.3 Å². The Morgan fingerprint density at radius 2 is 2.00 bits per heavy atom. The van der Waals surface area contributed by atoms with Gasteiger partial charge >= 0.3 is 5.97 Å². The number of nitrogens with zero attached hydrogens (tertiary/aromatic N) is 4. The lowest BCUT2D eigenvalue weighted by Gasteiger charge is -2.05. The fourth-order valence-electron chi connectivity index (χ4n) is 1.95. The third-order valence-electron chi connectivity index (χ3n) is 2.84. The van der Waals surface area contributed by atoms with Gasteiger partial charge in [-0.25, -0.2) is 18.6 Å². The van der Waals surface area contributed by atoms with Gasteiger partial charge in [0, 0.05) is 5.56 Å². The third kappa shape index (κ3) is 2.20. The smallest absolute Gasteiger partial charge is 0.354 e. The third-order valence-corrected chi connectivity index (χ3v) is 2.84. The molecule has 106 valence electrons. The SMILES string of the molecule is Cc1nc2nc(-c3cc(F)ccc3F)cc(C(=O)O)n2n1. The van der Waals surface area contributed by atoms with Crippen molar-refractivity contribution in [2.75, 3.05) is 0 Å². The zero-order chi connectivity index (χ0) is 15.1. The van der Waals surface area contributed by atoms with Gasteiger partial charge < -0.3 is 5.11 Å². The average molecular weight is 290 g/mol. The first-order valence-corrected chi connectivity index (χ1v) is 5.89. The van der Waals surface area contributed by atoms with Crippen LogP contribution < -0.4 is 0 Å². The number of benzene rings is 1. The molecule has 21 heavy (non-hydrogen) atoms. The summed E-state index contributed by atoms with van der Waals surface area (Å²) >= 11 is 0. The van der Waals surface area contributed by atoms with Gasteiger partial charge in [0.05, 0.1) is 5.69 Å². The minimum absolute atomic E-state index is 0.00561. The summed E-state index contributed by atoms with van der Waals surface area (Å²) in [5.41, 5.74) is -0.399. The first-order chi connectivity index (χ1) is 9.95. The van der Waals surface area contributed by atoms with Crippen LogP contribution in [0.3, 0.4) is 0 Å². The van der Waals surface area contributed by atoms with Gasteiger partial charge in [0.1, 0.15) is 17.5 Å². The Balaban J connectivity index is 2.33. The number of carboxylic acids is 1. The second-order valence-corrected chi connectivity index (χ2v) is 4.33. The number of halogens is 2. The van der Waals surface area contributed by atoms with E-state index >= 15 is 0 Å². The lowest BCUT2D eigenvalue weighted by atomic mass is 10.1. The number of carboxylic acid groups (broad SMARTS) is 1. The zero-order valence-electron chi connectivity index (χ0n) is 10.7. The van der Waals surface area contributed by atoms with Crippen LogP contribution in [0.5, 0.6) is 0 Å². The summed E-state index contributed by atoms with van der Waals surface area (Å²) in [5, 5.41) is 13.1. The normalized spacial score (nSPS) is 11.0. The molecular weight excluding hydrogens is 282 g/mol. The molecule has 0 aliphatic carbocycles. The van der Waals surface area contributed by atoms with Crippen molar-refractivity contribution < 1.29 is 18.7 Å².